The zero-order valence-electron chi connectivity index (χ0n) is 9.92. The number of H-pyrrole nitrogens is 1. The van der Waals surface area contributed by atoms with E-state index in [1.165, 1.54) is 23.4 Å². The van der Waals surface area contributed by atoms with Crippen molar-refractivity contribution in [2.75, 3.05) is 5.32 Å². The molecular weight excluding hydrogens is 247 g/mol. The number of anilines is 1. The molecule has 1 aromatic carbocycles. The second-order valence-corrected chi connectivity index (χ2v) is 3.90. The molecule has 0 unspecified atom stereocenters. The number of halogens is 1. The summed E-state index contributed by atoms with van der Waals surface area (Å²) < 4.78 is 15.3. The molecular formula is C12H11FN6. The Balaban J connectivity index is 1.76. The fourth-order valence-corrected chi connectivity index (χ4v) is 1.72. The van der Waals surface area contributed by atoms with Crippen LogP contribution in [0.2, 0.25) is 0 Å². The number of nitrogens with one attached hydrogen (secondary N) is 2. The smallest absolute Gasteiger partial charge is 0.150 e. The maximum Gasteiger partial charge on any atom is 0.150 e. The number of imidazole rings is 1. The number of aromatic nitrogens is 5. The van der Waals surface area contributed by atoms with Gasteiger partial charge in [-0.05, 0) is 18.2 Å². The number of benzene rings is 1. The molecule has 2 aromatic heterocycles. The topological polar surface area (TPSA) is 71.4 Å². The minimum atomic E-state index is -0.366. The Morgan fingerprint density at radius 1 is 1.37 bits per heavy atom. The molecule has 2 heterocycles. The van der Waals surface area contributed by atoms with E-state index < -0.39 is 0 Å². The standard InChI is InChI=1S/C12H11FN6/c13-10-5-9(17-6-12-15-3-4-16-12)1-2-11(10)19-8-14-7-18-19/h1-5,7-8,17H,6H2,(H,15,16). The van der Waals surface area contributed by atoms with E-state index in [1.807, 2.05) is 0 Å². The Morgan fingerprint density at radius 3 is 3.00 bits per heavy atom. The largest absolute Gasteiger partial charge is 0.378 e. The second-order valence-electron chi connectivity index (χ2n) is 3.90. The molecule has 0 atom stereocenters. The number of hydrogen-bond donors (Lipinski definition) is 2. The summed E-state index contributed by atoms with van der Waals surface area (Å²) in [5, 5.41) is 6.98. The molecule has 6 nitrogen and oxygen atoms in total. The molecule has 19 heavy (non-hydrogen) atoms. The third kappa shape index (κ3) is 2.44. The van der Waals surface area contributed by atoms with E-state index in [0.717, 1.165) is 5.82 Å². The summed E-state index contributed by atoms with van der Waals surface area (Å²) in [5.41, 5.74) is 1.04. The van der Waals surface area contributed by atoms with Crippen LogP contribution in [-0.2, 0) is 6.54 Å². The summed E-state index contributed by atoms with van der Waals surface area (Å²) in [6.45, 7) is 0.509. The molecule has 0 aliphatic carbocycles. The highest BCUT2D eigenvalue weighted by Crippen LogP contribution is 2.17. The van der Waals surface area contributed by atoms with Crippen LogP contribution in [0.4, 0.5) is 10.1 Å². The van der Waals surface area contributed by atoms with Crippen LogP contribution in [0.5, 0.6) is 0 Å². The van der Waals surface area contributed by atoms with Gasteiger partial charge in [0, 0.05) is 18.1 Å². The van der Waals surface area contributed by atoms with Gasteiger partial charge in [0.1, 0.15) is 24.2 Å². The molecule has 7 heteroatoms. The average molecular weight is 258 g/mol. The first-order chi connectivity index (χ1) is 9.33. The Bertz CT molecular complexity index is 647. The quantitative estimate of drug-likeness (QED) is 0.747. The fourth-order valence-electron chi connectivity index (χ4n) is 1.72. The first-order valence-electron chi connectivity index (χ1n) is 5.69. The highest BCUT2D eigenvalue weighted by Gasteiger charge is 2.06. The van der Waals surface area contributed by atoms with Crippen molar-refractivity contribution >= 4 is 5.69 Å². The molecule has 0 aliphatic rings. The lowest BCUT2D eigenvalue weighted by Crippen LogP contribution is -2.03. The lowest BCUT2D eigenvalue weighted by atomic mass is 10.2. The summed E-state index contributed by atoms with van der Waals surface area (Å²) in [5.74, 6) is 0.427. The Morgan fingerprint density at radius 2 is 2.32 bits per heavy atom. The van der Waals surface area contributed by atoms with Gasteiger partial charge in [-0.1, -0.05) is 0 Å². The molecule has 3 aromatic rings. The lowest BCUT2D eigenvalue weighted by molar-refractivity contribution is 0.611. The summed E-state index contributed by atoms with van der Waals surface area (Å²) >= 11 is 0. The van der Waals surface area contributed by atoms with Gasteiger partial charge in [0.05, 0.1) is 6.54 Å². The first-order valence-corrected chi connectivity index (χ1v) is 5.69. The van der Waals surface area contributed by atoms with E-state index in [0.29, 0.717) is 17.9 Å². The van der Waals surface area contributed by atoms with Gasteiger partial charge in [-0.25, -0.2) is 19.0 Å². The van der Waals surface area contributed by atoms with E-state index >= 15 is 0 Å². The van der Waals surface area contributed by atoms with E-state index in [2.05, 4.69) is 25.4 Å². The molecule has 96 valence electrons. The molecule has 0 bridgehead atoms. The maximum atomic E-state index is 13.9. The van der Waals surface area contributed by atoms with E-state index in [-0.39, 0.29) is 5.82 Å². The van der Waals surface area contributed by atoms with E-state index in [9.17, 15) is 4.39 Å². The Labute approximate surface area is 108 Å². The van der Waals surface area contributed by atoms with Gasteiger partial charge in [-0.2, -0.15) is 5.10 Å². The van der Waals surface area contributed by atoms with E-state index in [1.54, 1.807) is 24.5 Å². The van der Waals surface area contributed by atoms with Crippen molar-refractivity contribution in [3.8, 4) is 5.69 Å². The van der Waals surface area contributed by atoms with Crippen molar-refractivity contribution in [1.82, 2.24) is 24.7 Å². The molecule has 0 aliphatic heterocycles. The monoisotopic (exact) mass is 258 g/mol. The van der Waals surface area contributed by atoms with Crippen LogP contribution in [-0.4, -0.2) is 24.7 Å². The molecule has 0 saturated heterocycles. The Hall–Kier alpha value is -2.70. The molecule has 3 rings (SSSR count). The summed E-state index contributed by atoms with van der Waals surface area (Å²) in [6, 6.07) is 4.84. The van der Waals surface area contributed by atoms with Crippen molar-refractivity contribution in [3.05, 3.63) is 54.9 Å². The van der Waals surface area contributed by atoms with Crippen LogP contribution < -0.4 is 5.32 Å². The molecule has 0 fully saturated rings. The normalized spacial score (nSPS) is 10.6. The van der Waals surface area contributed by atoms with Crippen molar-refractivity contribution < 1.29 is 4.39 Å². The third-order valence-electron chi connectivity index (χ3n) is 2.63. The van der Waals surface area contributed by atoms with Gasteiger partial charge in [-0.15, -0.1) is 0 Å². The van der Waals surface area contributed by atoms with Crippen molar-refractivity contribution in [2.24, 2.45) is 0 Å². The average Bonchev–Trinajstić information content (AvgIpc) is 3.10. The zero-order chi connectivity index (χ0) is 13.1. The summed E-state index contributed by atoms with van der Waals surface area (Å²) in [4.78, 5) is 10.8. The van der Waals surface area contributed by atoms with Gasteiger partial charge in [0.15, 0.2) is 5.82 Å². The fraction of sp³-hybridized carbons (Fsp3) is 0.0833. The lowest BCUT2D eigenvalue weighted by Gasteiger charge is -2.07. The van der Waals surface area contributed by atoms with Crippen LogP contribution in [0, 0.1) is 5.82 Å². The highest BCUT2D eigenvalue weighted by molar-refractivity contribution is 5.49. The maximum absolute atomic E-state index is 13.9. The third-order valence-corrected chi connectivity index (χ3v) is 2.63. The van der Waals surface area contributed by atoms with Gasteiger partial charge in [0.2, 0.25) is 0 Å². The number of rotatable bonds is 4. The van der Waals surface area contributed by atoms with Crippen molar-refractivity contribution in [3.63, 3.8) is 0 Å². The van der Waals surface area contributed by atoms with E-state index in [4.69, 9.17) is 0 Å². The molecule has 0 amide bonds. The minimum absolute atomic E-state index is 0.362. The van der Waals surface area contributed by atoms with Crippen LogP contribution in [0.15, 0.2) is 43.2 Å². The Kier molecular flexibility index (Phi) is 2.93. The second kappa shape index (κ2) is 4.89. The van der Waals surface area contributed by atoms with Crippen LogP contribution in [0.1, 0.15) is 5.82 Å². The predicted molar refractivity (Wildman–Crippen MR) is 67.2 cm³/mol. The highest BCUT2D eigenvalue weighted by atomic mass is 19.1. The number of hydrogen-bond acceptors (Lipinski definition) is 4. The van der Waals surface area contributed by atoms with Crippen LogP contribution in [0.3, 0.4) is 0 Å². The number of nitrogens with zero attached hydrogens (tertiary/aromatic N) is 4. The summed E-state index contributed by atoms with van der Waals surface area (Å²) in [7, 11) is 0. The predicted octanol–water partition coefficient (Wildman–Crippen LogP) is 1.74. The van der Waals surface area contributed by atoms with Crippen molar-refractivity contribution in [2.45, 2.75) is 6.54 Å². The zero-order valence-corrected chi connectivity index (χ0v) is 9.92. The minimum Gasteiger partial charge on any atom is -0.378 e. The van der Waals surface area contributed by atoms with Crippen LogP contribution in [0.25, 0.3) is 5.69 Å². The number of aromatic amines is 1. The van der Waals surface area contributed by atoms with Gasteiger partial charge in [0.25, 0.3) is 0 Å². The molecule has 0 spiro atoms. The van der Waals surface area contributed by atoms with Gasteiger partial charge < -0.3 is 10.3 Å². The van der Waals surface area contributed by atoms with Gasteiger partial charge >= 0.3 is 0 Å². The molecule has 0 radical (unpaired) electrons. The SMILES string of the molecule is Fc1cc(NCc2ncc[nH]2)ccc1-n1cncn1. The van der Waals surface area contributed by atoms with Crippen molar-refractivity contribution in [1.29, 1.82) is 0 Å². The van der Waals surface area contributed by atoms with Gasteiger partial charge in [-0.3, -0.25) is 0 Å². The summed E-state index contributed by atoms with van der Waals surface area (Å²) in [6.07, 6.45) is 6.23. The first kappa shape index (κ1) is 11.4. The van der Waals surface area contributed by atoms with Crippen LogP contribution >= 0.6 is 0 Å². The molecule has 2 N–H and O–H groups in total. The molecule has 0 saturated carbocycles.